The van der Waals surface area contributed by atoms with E-state index in [2.05, 4.69) is 11.1 Å². The molecule has 0 aliphatic rings. The van der Waals surface area contributed by atoms with Crippen molar-refractivity contribution in [2.75, 3.05) is 6.61 Å². The van der Waals surface area contributed by atoms with E-state index in [1.165, 1.54) is 0 Å². The average molecular weight is 459 g/mol. The minimum absolute atomic E-state index is 0.0711. The van der Waals surface area contributed by atoms with Gasteiger partial charge in [-0.3, -0.25) is 0 Å². The van der Waals surface area contributed by atoms with E-state index < -0.39 is 0 Å². The summed E-state index contributed by atoms with van der Waals surface area (Å²) in [6.45, 7) is 10.0. The van der Waals surface area contributed by atoms with Crippen LogP contribution in [0.2, 0.25) is 0 Å². The Morgan fingerprint density at radius 1 is 0.882 bits per heavy atom. The molecule has 0 atom stereocenters. The standard InChI is InChI=1S/C28H30N2O4/c1-6-32-28(31)26-16-22-15-20(21-8-14-27(29-17-21)34-19(4)5)7-13-25(22)30(26)23-9-11-24(12-10-23)33-18(2)3/h7-19H,6H2,1-5H3. The molecule has 176 valence electrons. The van der Waals surface area contributed by atoms with E-state index in [0.717, 1.165) is 33.5 Å². The number of fused-ring (bicyclic) bond motifs is 1. The first-order chi connectivity index (χ1) is 16.4. The van der Waals surface area contributed by atoms with Gasteiger partial charge >= 0.3 is 5.97 Å². The van der Waals surface area contributed by atoms with Crippen LogP contribution in [0.4, 0.5) is 0 Å². The van der Waals surface area contributed by atoms with Crippen molar-refractivity contribution in [3.05, 3.63) is 72.6 Å². The van der Waals surface area contributed by atoms with Crippen molar-refractivity contribution in [1.29, 1.82) is 0 Å². The molecule has 4 aromatic rings. The molecule has 0 aliphatic heterocycles. The third-order valence-corrected chi connectivity index (χ3v) is 5.18. The van der Waals surface area contributed by atoms with Crippen LogP contribution < -0.4 is 9.47 Å². The van der Waals surface area contributed by atoms with Gasteiger partial charge < -0.3 is 18.8 Å². The summed E-state index contributed by atoms with van der Waals surface area (Å²) in [4.78, 5) is 17.2. The van der Waals surface area contributed by atoms with E-state index in [-0.39, 0.29) is 18.2 Å². The molecule has 2 aromatic carbocycles. The fraction of sp³-hybridized carbons (Fsp3) is 0.286. The van der Waals surface area contributed by atoms with Crippen molar-refractivity contribution < 1.29 is 19.0 Å². The number of hydrogen-bond acceptors (Lipinski definition) is 5. The average Bonchev–Trinajstić information content (AvgIpc) is 3.18. The summed E-state index contributed by atoms with van der Waals surface area (Å²) >= 11 is 0. The lowest BCUT2D eigenvalue weighted by molar-refractivity contribution is 0.0517. The number of pyridine rings is 1. The minimum Gasteiger partial charge on any atom is -0.491 e. The van der Waals surface area contributed by atoms with Crippen LogP contribution in [0.25, 0.3) is 27.7 Å². The summed E-state index contributed by atoms with van der Waals surface area (Å²) < 4.78 is 18.7. The van der Waals surface area contributed by atoms with Crippen LogP contribution in [0.1, 0.15) is 45.1 Å². The second-order valence-electron chi connectivity index (χ2n) is 8.57. The molecule has 0 bridgehead atoms. The van der Waals surface area contributed by atoms with E-state index in [1.807, 2.05) is 86.9 Å². The maximum Gasteiger partial charge on any atom is 0.355 e. The third kappa shape index (κ3) is 5.06. The van der Waals surface area contributed by atoms with E-state index in [9.17, 15) is 4.79 Å². The lowest BCUT2D eigenvalue weighted by Gasteiger charge is -2.13. The van der Waals surface area contributed by atoms with Crippen LogP contribution in [0.15, 0.2) is 66.9 Å². The number of aromatic nitrogens is 2. The van der Waals surface area contributed by atoms with Crippen LogP contribution in [-0.2, 0) is 4.74 Å². The van der Waals surface area contributed by atoms with Crippen LogP contribution in [0.5, 0.6) is 11.6 Å². The maximum atomic E-state index is 12.8. The largest absolute Gasteiger partial charge is 0.491 e. The first-order valence-corrected chi connectivity index (χ1v) is 11.6. The van der Waals surface area contributed by atoms with Crippen LogP contribution in [-0.4, -0.2) is 34.3 Å². The summed E-state index contributed by atoms with van der Waals surface area (Å²) in [6.07, 6.45) is 1.96. The maximum absolute atomic E-state index is 12.8. The van der Waals surface area contributed by atoms with Gasteiger partial charge in [0, 0.05) is 28.9 Å². The fourth-order valence-electron chi connectivity index (χ4n) is 3.84. The third-order valence-electron chi connectivity index (χ3n) is 5.18. The molecule has 0 unspecified atom stereocenters. The Morgan fingerprint density at radius 2 is 1.59 bits per heavy atom. The molecule has 6 nitrogen and oxygen atoms in total. The summed E-state index contributed by atoms with van der Waals surface area (Å²) in [5.41, 5.74) is 4.23. The zero-order valence-electron chi connectivity index (χ0n) is 20.2. The number of hydrogen-bond donors (Lipinski definition) is 0. The topological polar surface area (TPSA) is 62.6 Å². The van der Waals surface area contributed by atoms with Gasteiger partial charge in [0.05, 0.1) is 24.3 Å². The highest BCUT2D eigenvalue weighted by Crippen LogP contribution is 2.31. The summed E-state index contributed by atoms with van der Waals surface area (Å²) in [6, 6.07) is 19.6. The summed E-state index contributed by atoms with van der Waals surface area (Å²) in [5.74, 6) is 1.02. The second-order valence-corrected chi connectivity index (χ2v) is 8.57. The van der Waals surface area contributed by atoms with E-state index in [4.69, 9.17) is 14.2 Å². The molecular weight excluding hydrogens is 428 g/mol. The highest BCUT2D eigenvalue weighted by Gasteiger charge is 2.19. The number of carbonyl (C=O) groups is 1. The molecule has 0 radical (unpaired) electrons. The lowest BCUT2D eigenvalue weighted by Crippen LogP contribution is -2.11. The second kappa shape index (κ2) is 10.00. The first-order valence-electron chi connectivity index (χ1n) is 11.6. The molecule has 34 heavy (non-hydrogen) atoms. The Labute approximate surface area is 200 Å². The van der Waals surface area contributed by atoms with Crippen molar-refractivity contribution >= 4 is 16.9 Å². The zero-order chi connectivity index (χ0) is 24.2. The molecule has 6 heteroatoms. The Morgan fingerprint density at radius 3 is 2.21 bits per heavy atom. The van der Waals surface area contributed by atoms with Gasteiger partial charge in [0.1, 0.15) is 11.4 Å². The smallest absolute Gasteiger partial charge is 0.355 e. The Kier molecular flexibility index (Phi) is 6.87. The normalized spacial score (nSPS) is 11.3. The number of benzene rings is 2. The van der Waals surface area contributed by atoms with E-state index in [1.54, 1.807) is 13.1 Å². The van der Waals surface area contributed by atoms with E-state index >= 15 is 0 Å². The van der Waals surface area contributed by atoms with Gasteiger partial charge in [-0.1, -0.05) is 6.07 Å². The number of carbonyl (C=O) groups excluding carboxylic acids is 1. The van der Waals surface area contributed by atoms with Gasteiger partial charge in [-0.15, -0.1) is 0 Å². The Bertz CT molecular complexity index is 1270. The van der Waals surface area contributed by atoms with Crippen molar-refractivity contribution in [2.45, 2.75) is 46.8 Å². The predicted octanol–water partition coefficient (Wildman–Crippen LogP) is 6.44. The van der Waals surface area contributed by atoms with Crippen LogP contribution >= 0.6 is 0 Å². The fourth-order valence-corrected chi connectivity index (χ4v) is 3.84. The molecule has 0 saturated carbocycles. The molecular formula is C28H30N2O4. The summed E-state index contributed by atoms with van der Waals surface area (Å²) in [5, 5.41) is 0.936. The number of esters is 1. The SMILES string of the molecule is CCOC(=O)c1cc2cc(-c3ccc(OC(C)C)nc3)ccc2n1-c1ccc(OC(C)C)cc1. The van der Waals surface area contributed by atoms with Gasteiger partial charge in [-0.05, 0) is 88.7 Å². The number of rotatable bonds is 8. The van der Waals surface area contributed by atoms with Crippen molar-refractivity contribution in [1.82, 2.24) is 9.55 Å². The predicted molar refractivity (Wildman–Crippen MR) is 134 cm³/mol. The van der Waals surface area contributed by atoms with Gasteiger partial charge in [0.2, 0.25) is 5.88 Å². The summed E-state index contributed by atoms with van der Waals surface area (Å²) in [7, 11) is 0. The minimum atomic E-state index is -0.361. The molecule has 0 aliphatic carbocycles. The quantitative estimate of drug-likeness (QED) is 0.284. The van der Waals surface area contributed by atoms with Gasteiger partial charge in [0.15, 0.2) is 0 Å². The van der Waals surface area contributed by atoms with E-state index in [0.29, 0.717) is 18.2 Å². The Balaban J connectivity index is 1.75. The lowest BCUT2D eigenvalue weighted by atomic mass is 10.1. The molecule has 0 saturated heterocycles. The van der Waals surface area contributed by atoms with Crippen molar-refractivity contribution in [2.24, 2.45) is 0 Å². The molecule has 0 spiro atoms. The molecule has 0 fully saturated rings. The molecule has 0 N–H and O–H groups in total. The van der Waals surface area contributed by atoms with Crippen LogP contribution in [0, 0.1) is 0 Å². The molecule has 0 amide bonds. The molecule has 4 rings (SSSR count). The van der Waals surface area contributed by atoms with Crippen molar-refractivity contribution in [3.8, 4) is 28.4 Å². The Hall–Kier alpha value is -3.80. The number of nitrogens with zero attached hydrogens (tertiary/aromatic N) is 2. The zero-order valence-corrected chi connectivity index (χ0v) is 20.2. The van der Waals surface area contributed by atoms with Crippen molar-refractivity contribution in [3.63, 3.8) is 0 Å². The van der Waals surface area contributed by atoms with Gasteiger partial charge in [-0.2, -0.15) is 0 Å². The van der Waals surface area contributed by atoms with Crippen LogP contribution in [0.3, 0.4) is 0 Å². The highest BCUT2D eigenvalue weighted by atomic mass is 16.5. The molecule has 2 heterocycles. The molecule has 2 aromatic heterocycles. The number of ether oxygens (including phenoxy) is 3. The van der Waals surface area contributed by atoms with Gasteiger partial charge in [0.25, 0.3) is 0 Å². The monoisotopic (exact) mass is 458 g/mol. The van der Waals surface area contributed by atoms with Gasteiger partial charge in [-0.25, -0.2) is 9.78 Å². The highest BCUT2D eigenvalue weighted by molar-refractivity contribution is 5.98. The first kappa shape index (κ1) is 23.4.